The van der Waals surface area contributed by atoms with Crippen molar-refractivity contribution in [3.63, 3.8) is 0 Å². The molecule has 11 nitrogen and oxygen atoms in total. The molecule has 0 radical (unpaired) electrons. The van der Waals surface area contributed by atoms with Crippen molar-refractivity contribution in [2.75, 3.05) is 13.1 Å². The van der Waals surface area contributed by atoms with Gasteiger partial charge in [0.2, 0.25) is 0 Å². The second kappa shape index (κ2) is 7.87. The van der Waals surface area contributed by atoms with E-state index in [0.29, 0.717) is 48.2 Å². The van der Waals surface area contributed by atoms with Gasteiger partial charge in [-0.05, 0) is 38.8 Å². The highest BCUT2D eigenvalue weighted by molar-refractivity contribution is 6.01. The number of H-pyrrole nitrogens is 1. The van der Waals surface area contributed by atoms with Crippen molar-refractivity contribution in [2.24, 2.45) is 7.05 Å². The Morgan fingerprint density at radius 1 is 1.18 bits per heavy atom. The third kappa shape index (κ3) is 3.67. The molecule has 2 N–H and O–H groups in total. The summed E-state index contributed by atoms with van der Waals surface area (Å²) in [5.41, 5.74) is 0.406. The molecule has 0 spiro atoms. The Morgan fingerprint density at radius 3 is 2.56 bits per heavy atom. The van der Waals surface area contributed by atoms with E-state index in [-0.39, 0.29) is 17.3 Å². The number of aromatic amines is 1. The Hall–Kier alpha value is -3.86. The average molecular weight is 463 g/mol. The fourth-order valence-corrected chi connectivity index (χ4v) is 4.57. The number of carbonyl (C=O) groups excluding carboxylic acids is 1. The highest BCUT2D eigenvalue weighted by Crippen LogP contribution is 2.29. The molecule has 0 saturated carbocycles. The van der Waals surface area contributed by atoms with Crippen molar-refractivity contribution in [1.29, 1.82) is 0 Å². The van der Waals surface area contributed by atoms with Crippen LogP contribution in [0.4, 0.5) is 0 Å². The quantitative estimate of drug-likeness (QED) is 0.432. The first kappa shape index (κ1) is 22.0. The monoisotopic (exact) mass is 463 g/mol. The number of aliphatic hydroxyl groups is 1. The SMILES string of the molecule is Cn1cc(-c2ccc3ncc4c(=O)[nH]c(=O)n(C5CCN(C(=O)C(C)(C)O)CC5)c4c3n2)cn1. The molecule has 1 aliphatic rings. The molecular weight excluding hydrogens is 438 g/mol. The minimum atomic E-state index is -1.46. The van der Waals surface area contributed by atoms with Gasteiger partial charge in [-0.2, -0.15) is 5.10 Å². The van der Waals surface area contributed by atoms with Gasteiger partial charge >= 0.3 is 5.69 Å². The predicted molar refractivity (Wildman–Crippen MR) is 125 cm³/mol. The van der Waals surface area contributed by atoms with Gasteiger partial charge in [0.15, 0.2) is 0 Å². The number of rotatable bonds is 3. The zero-order chi connectivity index (χ0) is 24.2. The number of aromatic nitrogens is 6. The van der Waals surface area contributed by atoms with Crippen LogP contribution in [0.15, 0.2) is 40.3 Å². The molecule has 4 aromatic rings. The van der Waals surface area contributed by atoms with E-state index in [2.05, 4.69) is 15.1 Å². The topological polar surface area (TPSA) is 139 Å². The van der Waals surface area contributed by atoms with Crippen LogP contribution < -0.4 is 11.2 Å². The predicted octanol–water partition coefficient (Wildman–Crippen LogP) is 0.968. The number of aryl methyl sites for hydroxylation is 1. The van der Waals surface area contributed by atoms with Gasteiger partial charge in [0.1, 0.15) is 11.1 Å². The van der Waals surface area contributed by atoms with Gasteiger partial charge in [0.25, 0.3) is 11.5 Å². The van der Waals surface area contributed by atoms with E-state index in [0.717, 1.165) is 5.56 Å². The zero-order valence-electron chi connectivity index (χ0n) is 19.1. The van der Waals surface area contributed by atoms with Crippen LogP contribution in [0.5, 0.6) is 0 Å². The Bertz CT molecular complexity index is 1540. The summed E-state index contributed by atoms with van der Waals surface area (Å²) in [4.78, 5) is 51.4. The Labute approximate surface area is 193 Å². The van der Waals surface area contributed by atoms with E-state index >= 15 is 0 Å². The lowest BCUT2D eigenvalue weighted by atomic mass is 10.0. The van der Waals surface area contributed by atoms with Crippen LogP contribution in [0.3, 0.4) is 0 Å². The molecule has 1 aliphatic heterocycles. The second-order valence-electron chi connectivity index (χ2n) is 9.20. The van der Waals surface area contributed by atoms with Gasteiger partial charge in [-0.1, -0.05) is 0 Å². The van der Waals surface area contributed by atoms with E-state index in [9.17, 15) is 19.5 Å². The average Bonchev–Trinajstić information content (AvgIpc) is 3.24. The van der Waals surface area contributed by atoms with Crippen molar-refractivity contribution in [1.82, 2.24) is 34.2 Å². The minimum Gasteiger partial charge on any atom is -0.381 e. The summed E-state index contributed by atoms with van der Waals surface area (Å²) in [6.45, 7) is 3.70. The molecule has 0 unspecified atom stereocenters. The van der Waals surface area contributed by atoms with Gasteiger partial charge in [0, 0.05) is 44.1 Å². The van der Waals surface area contributed by atoms with Crippen LogP contribution >= 0.6 is 0 Å². The van der Waals surface area contributed by atoms with E-state index < -0.39 is 16.9 Å². The number of piperidine rings is 1. The Morgan fingerprint density at radius 2 is 1.91 bits per heavy atom. The summed E-state index contributed by atoms with van der Waals surface area (Å²) >= 11 is 0. The van der Waals surface area contributed by atoms with Crippen LogP contribution in [0.1, 0.15) is 32.7 Å². The number of nitrogens with one attached hydrogen (secondary N) is 1. The molecular formula is C23H25N7O4. The van der Waals surface area contributed by atoms with E-state index in [1.54, 1.807) is 20.3 Å². The normalized spacial score (nSPS) is 15.4. The summed E-state index contributed by atoms with van der Waals surface area (Å²) in [5.74, 6) is -0.345. The molecule has 4 aromatic heterocycles. The first-order chi connectivity index (χ1) is 16.1. The van der Waals surface area contributed by atoms with E-state index in [1.807, 2.05) is 25.4 Å². The van der Waals surface area contributed by atoms with Crippen molar-refractivity contribution in [2.45, 2.75) is 38.3 Å². The van der Waals surface area contributed by atoms with E-state index in [1.165, 1.54) is 20.0 Å². The maximum atomic E-state index is 13.1. The number of pyridine rings is 2. The first-order valence-corrected chi connectivity index (χ1v) is 11.1. The third-order valence-corrected chi connectivity index (χ3v) is 6.25. The molecule has 11 heteroatoms. The fraction of sp³-hybridized carbons (Fsp3) is 0.391. The molecule has 1 saturated heterocycles. The van der Waals surface area contributed by atoms with Crippen molar-refractivity contribution in [3.8, 4) is 11.3 Å². The highest BCUT2D eigenvalue weighted by atomic mass is 16.3. The molecule has 0 aliphatic carbocycles. The second-order valence-corrected chi connectivity index (χ2v) is 9.20. The lowest BCUT2D eigenvalue weighted by Crippen LogP contribution is -2.49. The number of hydrogen-bond acceptors (Lipinski definition) is 7. The molecule has 1 amide bonds. The van der Waals surface area contributed by atoms with Crippen molar-refractivity contribution >= 4 is 27.8 Å². The van der Waals surface area contributed by atoms with Crippen molar-refractivity contribution < 1.29 is 9.90 Å². The zero-order valence-corrected chi connectivity index (χ0v) is 19.1. The first-order valence-electron chi connectivity index (χ1n) is 11.1. The molecule has 0 bridgehead atoms. The molecule has 1 fully saturated rings. The largest absolute Gasteiger partial charge is 0.381 e. The van der Waals surface area contributed by atoms with Gasteiger partial charge in [-0.3, -0.25) is 28.8 Å². The number of fused-ring (bicyclic) bond motifs is 3. The number of amides is 1. The Kier molecular flexibility index (Phi) is 5.08. The standard InChI is InChI=1S/C23H25N7O4/c1-23(2,34)21(32)29-8-6-14(7-9-29)30-19-15(20(31)27-22(30)33)11-24-17-5-4-16(26-18(17)19)13-10-25-28(3)12-13/h4-5,10-12,14,34H,6-9H2,1-3H3,(H,27,31,33). The molecule has 5 rings (SSSR count). The summed E-state index contributed by atoms with van der Waals surface area (Å²) in [5, 5.41) is 14.5. The summed E-state index contributed by atoms with van der Waals surface area (Å²) < 4.78 is 3.25. The molecule has 0 atom stereocenters. The summed E-state index contributed by atoms with van der Waals surface area (Å²) in [7, 11) is 1.81. The molecule has 5 heterocycles. The summed E-state index contributed by atoms with van der Waals surface area (Å²) in [6, 6.07) is 3.38. The Balaban J connectivity index is 1.65. The molecule has 34 heavy (non-hydrogen) atoms. The van der Waals surface area contributed by atoms with Crippen LogP contribution in [0.25, 0.3) is 33.2 Å². The van der Waals surface area contributed by atoms with Crippen LogP contribution in [-0.2, 0) is 11.8 Å². The maximum absolute atomic E-state index is 13.1. The lowest BCUT2D eigenvalue weighted by Gasteiger charge is -2.36. The molecule has 176 valence electrons. The van der Waals surface area contributed by atoms with Gasteiger partial charge < -0.3 is 10.0 Å². The van der Waals surface area contributed by atoms with Gasteiger partial charge in [-0.15, -0.1) is 0 Å². The summed E-state index contributed by atoms with van der Waals surface area (Å²) in [6.07, 6.45) is 5.98. The van der Waals surface area contributed by atoms with Gasteiger partial charge in [0.05, 0.1) is 28.3 Å². The van der Waals surface area contributed by atoms with Gasteiger partial charge in [-0.25, -0.2) is 9.78 Å². The third-order valence-electron chi connectivity index (χ3n) is 6.25. The molecule has 0 aromatic carbocycles. The van der Waals surface area contributed by atoms with Crippen LogP contribution in [-0.4, -0.2) is 63.9 Å². The number of carbonyl (C=O) groups is 1. The smallest absolute Gasteiger partial charge is 0.329 e. The maximum Gasteiger partial charge on any atom is 0.329 e. The van der Waals surface area contributed by atoms with Crippen molar-refractivity contribution in [3.05, 3.63) is 51.6 Å². The highest BCUT2D eigenvalue weighted by Gasteiger charge is 2.33. The minimum absolute atomic E-state index is 0.257. The number of nitrogens with zero attached hydrogens (tertiary/aromatic N) is 6. The number of hydrogen-bond donors (Lipinski definition) is 2. The van der Waals surface area contributed by atoms with E-state index in [4.69, 9.17) is 4.98 Å². The van der Waals surface area contributed by atoms with Crippen LogP contribution in [0.2, 0.25) is 0 Å². The number of likely N-dealkylation sites (tertiary alicyclic amines) is 1. The lowest BCUT2D eigenvalue weighted by molar-refractivity contribution is -0.149. The fourth-order valence-electron chi connectivity index (χ4n) is 4.57. The van der Waals surface area contributed by atoms with Crippen LogP contribution in [0, 0.1) is 0 Å².